The Morgan fingerprint density at radius 1 is 1.50 bits per heavy atom. The van der Waals surface area contributed by atoms with E-state index in [2.05, 4.69) is 20.1 Å². The molecule has 0 fully saturated rings. The zero-order chi connectivity index (χ0) is 10.6. The number of nitro groups is 1. The van der Waals surface area contributed by atoms with Crippen molar-refractivity contribution in [2.24, 2.45) is 0 Å². The van der Waals surface area contributed by atoms with Gasteiger partial charge in [0.1, 0.15) is 0 Å². The molecule has 0 aliphatic rings. The molecule has 6 heteroatoms. The molecule has 1 rings (SSSR count). The second kappa shape index (κ2) is 4.71. The molecule has 0 radical (unpaired) electrons. The molecule has 0 saturated heterocycles. The van der Waals surface area contributed by atoms with Crippen molar-refractivity contribution in [1.82, 2.24) is 0 Å². The van der Waals surface area contributed by atoms with Crippen LogP contribution in [-0.2, 0) is 10.4 Å². The van der Waals surface area contributed by atoms with Gasteiger partial charge in [0.05, 0.1) is 5.56 Å². The third kappa shape index (κ3) is 2.53. The van der Waals surface area contributed by atoms with Crippen LogP contribution in [0.1, 0.15) is 15.9 Å². The fourth-order valence-electron chi connectivity index (χ4n) is 1.04. The van der Waals surface area contributed by atoms with Gasteiger partial charge in [-0.2, -0.15) is 0 Å². The van der Waals surface area contributed by atoms with Crippen LogP contribution in [0.3, 0.4) is 0 Å². The standard InChI is InChI=1S/C8H6BrNO4/c9-14-8(11)7-4-2-1-3-6(7)5-10(12)13/h1-4H,5H2. The minimum atomic E-state index is -0.637. The Hall–Kier alpha value is -1.43. The highest BCUT2D eigenvalue weighted by atomic mass is 79.9. The predicted molar refractivity (Wildman–Crippen MR) is 51.5 cm³/mol. The van der Waals surface area contributed by atoms with Crippen molar-refractivity contribution >= 4 is 22.2 Å². The maximum atomic E-state index is 11.1. The normalized spacial score (nSPS) is 9.50. The molecule has 1 aromatic rings. The number of carbonyl (C=O) groups is 1. The van der Waals surface area contributed by atoms with Gasteiger partial charge in [-0.1, -0.05) is 18.2 Å². The van der Waals surface area contributed by atoms with Gasteiger partial charge in [-0.05, 0) is 6.07 Å². The summed E-state index contributed by atoms with van der Waals surface area (Å²) in [7, 11) is 0. The van der Waals surface area contributed by atoms with E-state index < -0.39 is 17.4 Å². The number of hydrogen-bond acceptors (Lipinski definition) is 4. The molecule has 0 N–H and O–H groups in total. The minimum Gasteiger partial charge on any atom is -0.380 e. The maximum Gasteiger partial charge on any atom is 0.350 e. The summed E-state index contributed by atoms with van der Waals surface area (Å²) in [5.41, 5.74) is 0.531. The van der Waals surface area contributed by atoms with Crippen molar-refractivity contribution in [2.75, 3.05) is 0 Å². The van der Waals surface area contributed by atoms with E-state index in [1.165, 1.54) is 12.1 Å². The molecule has 74 valence electrons. The highest BCUT2D eigenvalue weighted by molar-refractivity contribution is 9.06. The lowest BCUT2D eigenvalue weighted by atomic mass is 10.1. The third-order valence-corrected chi connectivity index (χ3v) is 1.90. The van der Waals surface area contributed by atoms with Crippen molar-refractivity contribution in [2.45, 2.75) is 6.54 Å². The number of rotatable bonds is 3. The molecule has 0 bridgehead atoms. The van der Waals surface area contributed by atoms with Gasteiger partial charge < -0.3 is 3.83 Å². The molecule has 5 nitrogen and oxygen atoms in total. The van der Waals surface area contributed by atoms with Crippen LogP contribution < -0.4 is 0 Å². The highest BCUT2D eigenvalue weighted by Crippen LogP contribution is 2.12. The molecule has 0 spiro atoms. The van der Waals surface area contributed by atoms with Gasteiger partial charge in [0.15, 0.2) is 16.3 Å². The molecule has 0 unspecified atom stereocenters. The van der Waals surface area contributed by atoms with Gasteiger partial charge >= 0.3 is 5.97 Å². The Kier molecular flexibility index (Phi) is 3.58. The molecule has 1 aromatic carbocycles. The number of benzene rings is 1. The SMILES string of the molecule is O=C(OBr)c1ccccc1C[N+](=O)[O-]. The van der Waals surface area contributed by atoms with E-state index in [0.29, 0.717) is 5.56 Å². The van der Waals surface area contributed by atoms with Gasteiger partial charge in [-0.15, -0.1) is 0 Å². The van der Waals surface area contributed by atoms with Crippen LogP contribution in [0.4, 0.5) is 0 Å². The molecule has 0 aliphatic heterocycles. The lowest BCUT2D eigenvalue weighted by Gasteiger charge is -2.01. The van der Waals surface area contributed by atoms with E-state index in [1.54, 1.807) is 12.1 Å². The van der Waals surface area contributed by atoms with E-state index in [9.17, 15) is 14.9 Å². The first kappa shape index (κ1) is 10.6. The smallest absolute Gasteiger partial charge is 0.350 e. The molecule has 14 heavy (non-hydrogen) atoms. The molecule has 0 aliphatic carbocycles. The molecular formula is C8H6BrNO4. The molecule has 0 saturated carbocycles. The van der Waals surface area contributed by atoms with Crippen LogP contribution in [0.25, 0.3) is 0 Å². The topological polar surface area (TPSA) is 69.4 Å². The van der Waals surface area contributed by atoms with Gasteiger partial charge in [0.2, 0.25) is 6.54 Å². The summed E-state index contributed by atoms with van der Waals surface area (Å²) in [6.45, 7) is -0.391. The first-order chi connectivity index (χ1) is 6.65. The Bertz CT molecular complexity index is 366. The fraction of sp³-hybridized carbons (Fsp3) is 0.125. The zero-order valence-corrected chi connectivity index (χ0v) is 8.56. The lowest BCUT2D eigenvalue weighted by molar-refractivity contribution is -0.496. The zero-order valence-electron chi connectivity index (χ0n) is 6.97. The van der Waals surface area contributed by atoms with E-state index in [4.69, 9.17) is 0 Å². The lowest BCUT2D eigenvalue weighted by Crippen LogP contribution is -2.07. The maximum absolute atomic E-state index is 11.1. The molecule has 0 amide bonds. The van der Waals surface area contributed by atoms with Crippen LogP contribution in [-0.4, -0.2) is 10.9 Å². The minimum absolute atomic E-state index is 0.195. The molecular weight excluding hydrogens is 254 g/mol. The Labute approximate surface area is 88.3 Å². The Morgan fingerprint density at radius 3 is 2.71 bits per heavy atom. The first-order valence-electron chi connectivity index (χ1n) is 3.67. The second-order valence-corrected chi connectivity index (χ2v) is 2.84. The summed E-state index contributed by atoms with van der Waals surface area (Å²) in [5.74, 6) is -0.637. The summed E-state index contributed by atoms with van der Waals surface area (Å²) < 4.78 is 4.31. The van der Waals surface area contributed by atoms with E-state index in [0.717, 1.165) is 0 Å². The van der Waals surface area contributed by atoms with Gasteiger partial charge in [-0.3, -0.25) is 10.1 Å². The first-order valence-corrected chi connectivity index (χ1v) is 4.32. The monoisotopic (exact) mass is 259 g/mol. The van der Waals surface area contributed by atoms with Gasteiger partial charge in [0, 0.05) is 10.5 Å². The Morgan fingerprint density at radius 2 is 2.14 bits per heavy atom. The number of hydrogen-bond donors (Lipinski definition) is 0. The van der Waals surface area contributed by atoms with Crippen LogP contribution in [0.15, 0.2) is 24.3 Å². The van der Waals surface area contributed by atoms with Crippen molar-refractivity contribution < 1.29 is 13.5 Å². The number of halogens is 1. The van der Waals surface area contributed by atoms with Gasteiger partial charge in [-0.25, -0.2) is 4.79 Å². The summed E-state index contributed by atoms with van der Waals surface area (Å²) >= 11 is 2.53. The summed E-state index contributed by atoms with van der Waals surface area (Å²) in [6.07, 6.45) is 0. The fourth-order valence-corrected chi connectivity index (χ4v) is 1.21. The molecule has 0 aromatic heterocycles. The van der Waals surface area contributed by atoms with Crippen LogP contribution in [0.5, 0.6) is 0 Å². The predicted octanol–water partition coefficient (Wildman–Crippen LogP) is 1.93. The van der Waals surface area contributed by atoms with Crippen molar-refractivity contribution in [3.63, 3.8) is 0 Å². The summed E-state index contributed by atoms with van der Waals surface area (Å²) in [6, 6.07) is 6.23. The Balaban J connectivity index is 3.02. The van der Waals surface area contributed by atoms with Crippen LogP contribution >= 0.6 is 16.3 Å². The van der Waals surface area contributed by atoms with Crippen LogP contribution in [0.2, 0.25) is 0 Å². The van der Waals surface area contributed by atoms with Gasteiger partial charge in [0.25, 0.3) is 0 Å². The largest absolute Gasteiger partial charge is 0.380 e. The highest BCUT2D eigenvalue weighted by Gasteiger charge is 2.14. The number of carbonyl (C=O) groups excluding carboxylic acids is 1. The average molecular weight is 260 g/mol. The summed E-state index contributed by atoms with van der Waals surface area (Å²) in [5, 5.41) is 10.3. The molecule has 0 atom stereocenters. The van der Waals surface area contributed by atoms with E-state index in [-0.39, 0.29) is 5.56 Å². The number of nitrogens with zero attached hydrogens (tertiary/aromatic N) is 1. The quantitative estimate of drug-likeness (QED) is 0.615. The van der Waals surface area contributed by atoms with Crippen LogP contribution in [0, 0.1) is 10.1 Å². The van der Waals surface area contributed by atoms with E-state index in [1.807, 2.05) is 0 Å². The summed E-state index contributed by atoms with van der Waals surface area (Å²) in [4.78, 5) is 20.9. The third-order valence-electron chi connectivity index (χ3n) is 1.61. The van der Waals surface area contributed by atoms with Crippen molar-refractivity contribution in [3.8, 4) is 0 Å². The van der Waals surface area contributed by atoms with Crippen molar-refractivity contribution in [3.05, 3.63) is 45.5 Å². The van der Waals surface area contributed by atoms with Crippen molar-refractivity contribution in [1.29, 1.82) is 0 Å². The average Bonchev–Trinajstić information content (AvgIpc) is 2.16. The molecule has 0 heterocycles. The second-order valence-electron chi connectivity index (χ2n) is 2.51. The van der Waals surface area contributed by atoms with E-state index >= 15 is 0 Å².